The van der Waals surface area contributed by atoms with Crippen molar-refractivity contribution in [3.63, 3.8) is 0 Å². The van der Waals surface area contributed by atoms with Gasteiger partial charge in [-0.05, 0) is 0 Å². The van der Waals surface area contributed by atoms with Gasteiger partial charge < -0.3 is 0 Å². The predicted octanol–water partition coefficient (Wildman–Crippen LogP) is -0.0925. The molecule has 114 valence electrons. The molecule has 0 spiro atoms. The van der Waals surface area contributed by atoms with E-state index in [-0.39, 0.29) is 1200 Å². The molecule has 0 N–H and O–H groups in total. The van der Waals surface area contributed by atoms with Crippen molar-refractivity contribution in [2.24, 2.45) is 0 Å². The second kappa shape index (κ2) is 266. The minimum absolute atomic E-state index is 0. The van der Waals surface area contributed by atoms with E-state index in [1.165, 1.54) is 0 Å². The van der Waals surface area contributed by atoms with Gasteiger partial charge in [0, 0.05) is 1200 Å². The van der Waals surface area contributed by atoms with Crippen LogP contribution in [-0.4, -0.2) is 0 Å². The molecule has 0 nitrogen and oxygen atoms in total. The second-order valence-corrected chi connectivity index (χ2v) is 0. The van der Waals surface area contributed by atoms with Gasteiger partial charge in [0.15, 0.2) is 0 Å². The van der Waals surface area contributed by atoms with Crippen molar-refractivity contribution in [1.82, 2.24) is 0 Å². The van der Waals surface area contributed by atoms with E-state index in [9.17, 15) is 0 Å². The van der Waals surface area contributed by atoms with E-state index < -0.39 is 0 Å². The minimum Gasteiger partial charge on any atom is 0 e. The van der Waals surface area contributed by atoms with Crippen LogP contribution in [0.5, 0.6) is 0 Å². The molecule has 0 rings (SSSR count). The molecule has 0 fully saturated rings. The van der Waals surface area contributed by atoms with Gasteiger partial charge in [-0.25, -0.2) is 0 Å². The Labute approximate surface area is 1150 Å². The molecule has 36 radical (unpaired) electrons. The van der Waals surface area contributed by atoms with Crippen LogP contribution in [0.15, 0.2) is 0 Å². The SMILES string of the molecule is [W].[Y].[Y].[Y].[Y].[Y].[Y].[Y].[Y].[Y].[Y].[Y].[Y].[Y].[Y].[Y].[Y].[Y].[Y].[Y].[Y].[Y].[Y].[Y].[Y].[Y].[Y].[Y].[Y].[Y].[Y].[Y].[Y].[Y].[Y].[Y].[Y]. The zero-order chi connectivity index (χ0) is 0. The Morgan fingerprint density at radius 3 is 0.0541 bits per heavy atom. The summed E-state index contributed by atoms with van der Waals surface area (Å²) in [6.07, 6.45) is 0. The molecule has 0 heterocycles. The Morgan fingerprint density at radius 2 is 0.0541 bits per heavy atom. The van der Waals surface area contributed by atoms with Crippen LogP contribution in [0.1, 0.15) is 0 Å². The van der Waals surface area contributed by atoms with E-state index in [0.717, 1.165) is 0 Å². The molecule has 0 amide bonds. The van der Waals surface area contributed by atoms with Crippen LogP contribution in [0.3, 0.4) is 0 Å². The Kier molecular flexibility index (Phi) is 1990. The second-order valence-electron chi connectivity index (χ2n) is 0. The Bertz CT molecular complexity index is 6.63. The summed E-state index contributed by atoms with van der Waals surface area (Å²) in [4.78, 5) is 0. The van der Waals surface area contributed by atoms with E-state index in [0.29, 0.717) is 0 Å². The van der Waals surface area contributed by atoms with Gasteiger partial charge in [-0.15, -0.1) is 0 Å². The fourth-order valence-corrected chi connectivity index (χ4v) is 0. The summed E-state index contributed by atoms with van der Waals surface area (Å²) in [5, 5.41) is 0. The van der Waals surface area contributed by atoms with E-state index in [1.807, 2.05) is 0 Å². The minimum atomic E-state index is 0. The summed E-state index contributed by atoms with van der Waals surface area (Å²) in [6, 6.07) is 0. The van der Waals surface area contributed by atoms with Crippen molar-refractivity contribution >= 4 is 0 Å². The molecule has 0 unspecified atom stereocenters. The van der Waals surface area contributed by atoms with Crippen molar-refractivity contribution in [1.29, 1.82) is 0 Å². The maximum atomic E-state index is 0. The molecule has 0 atom stereocenters. The average molecular weight is 3380 g/mol. The number of rotatable bonds is 0. The molecule has 0 saturated heterocycles. The van der Waals surface area contributed by atoms with Crippen LogP contribution in [-0.2, 0) is 1200 Å². The van der Waals surface area contributed by atoms with E-state index >= 15 is 0 Å². The molecule has 0 aromatic heterocycles. The molecule has 0 aliphatic rings. The quantitative estimate of drug-likeness (QED) is 0.319. The van der Waals surface area contributed by atoms with Gasteiger partial charge in [0.05, 0.1) is 0 Å². The predicted molar refractivity (Wildman–Crippen MR) is 0 cm³/mol. The summed E-state index contributed by atoms with van der Waals surface area (Å²) >= 11 is 0. The Hall–Kier alpha value is 40.4. The Morgan fingerprint density at radius 1 is 0.0541 bits per heavy atom. The van der Waals surface area contributed by atoms with Crippen molar-refractivity contribution in [3.05, 3.63) is 0 Å². The van der Waals surface area contributed by atoms with Crippen molar-refractivity contribution in [3.8, 4) is 0 Å². The monoisotopic (exact) mass is 3380 g/mol. The van der Waals surface area contributed by atoms with Gasteiger partial charge in [0.2, 0.25) is 0 Å². The summed E-state index contributed by atoms with van der Waals surface area (Å²) in [7, 11) is 0. The summed E-state index contributed by atoms with van der Waals surface area (Å²) in [5.74, 6) is 0. The van der Waals surface area contributed by atoms with Crippen LogP contribution < -0.4 is 0 Å². The average Bonchev–Trinajstić information content (AvgIpc) is 0. The number of hydrogen-bond acceptors (Lipinski definition) is 0. The van der Waals surface area contributed by atoms with Gasteiger partial charge in [-0.2, -0.15) is 0 Å². The topological polar surface area (TPSA) is 0 Å². The first-order valence-corrected chi connectivity index (χ1v) is 0. The third-order valence-electron chi connectivity index (χ3n) is 0. The zero-order valence-corrected chi connectivity index (χ0v) is 126. The largest absolute Gasteiger partial charge is 0 e. The smallest absolute Gasteiger partial charge is 0 e. The normalized spacial score (nSPS) is 0. The van der Waals surface area contributed by atoms with Crippen molar-refractivity contribution < 1.29 is 1200 Å². The van der Waals surface area contributed by atoms with Gasteiger partial charge in [0.1, 0.15) is 0 Å². The number of hydrogen-bond donors (Lipinski definition) is 0. The molecular formula is WY36. The van der Waals surface area contributed by atoms with Crippen LogP contribution >= 0.6 is 0 Å². The molecule has 37 heteroatoms. The van der Waals surface area contributed by atoms with Gasteiger partial charge in [-0.1, -0.05) is 0 Å². The third-order valence-corrected chi connectivity index (χ3v) is 0. The maximum absolute atomic E-state index is 0. The molecule has 37 heavy (non-hydrogen) atoms. The summed E-state index contributed by atoms with van der Waals surface area (Å²) in [6.45, 7) is 0. The molecule has 0 bridgehead atoms. The zero-order valence-electron chi connectivity index (χ0n) is 21.2. The molecule has 0 saturated carbocycles. The first-order chi connectivity index (χ1) is 0. The van der Waals surface area contributed by atoms with Crippen molar-refractivity contribution in [2.75, 3.05) is 0 Å². The van der Waals surface area contributed by atoms with Crippen LogP contribution in [0, 0.1) is 0 Å². The van der Waals surface area contributed by atoms with E-state index in [2.05, 4.69) is 0 Å². The van der Waals surface area contributed by atoms with Gasteiger partial charge in [-0.3, -0.25) is 0 Å². The maximum Gasteiger partial charge on any atom is 0 e. The first-order valence-electron chi connectivity index (χ1n) is 0. The summed E-state index contributed by atoms with van der Waals surface area (Å²) in [5.41, 5.74) is 0. The molecule has 0 aliphatic carbocycles. The Balaban J connectivity index is 0. The summed E-state index contributed by atoms with van der Waals surface area (Å²) < 4.78 is 0. The van der Waals surface area contributed by atoms with Crippen LogP contribution in [0.25, 0.3) is 0 Å². The first kappa shape index (κ1) is 277. The molecule has 0 aliphatic heterocycles. The van der Waals surface area contributed by atoms with E-state index in [4.69, 9.17) is 0 Å². The third kappa shape index (κ3) is 259. The van der Waals surface area contributed by atoms with Gasteiger partial charge in [0.25, 0.3) is 0 Å². The van der Waals surface area contributed by atoms with Crippen LogP contribution in [0.2, 0.25) is 0 Å². The van der Waals surface area contributed by atoms with E-state index in [1.54, 1.807) is 0 Å². The fourth-order valence-electron chi connectivity index (χ4n) is 0. The van der Waals surface area contributed by atoms with Crippen LogP contribution in [0.4, 0.5) is 0 Å². The standard InChI is InChI=1S/W.36Y. The molecule has 0 aromatic carbocycles. The fraction of sp³-hybridized carbons (Fsp3) is 0. The van der Waals surface area contributed by atoms with Crippen molar-refractivity contribution in [2.45, 2.75) is 0 Å². The molecular weight excluding hydrogens is 3380 g/mol. The molecule has 0 aromatic rings. The van der Waals surface area contributed by atoms with Gasteiger partial charge >= 0.3 is 0 Å².